The van der Waals surface area contributed by atoms with Gasteiger partial charge in [0.1, 0.15) is 0 Å². The zero-order chi connectivity index (χ0) is 21.1. The third-order valence-corrected chi connectivity index (χ3v) is 4.64. The van der Waals surface area contributed by atoms with Gasteiger partial charge in [-0.15, -0.1) is 5.10 Å². The first-order valence-corrected chi connectivity index (χ1v) is 9.24. The summed E-state index contributed by atoms with van der Waals surface area (Å²) in [6.45, 7) is 0.823. The molecule has 0 aliphatic rings. The van der Waals surface area contributed by atoms with Gasteiger partial charge in [0.2, 0.25) is 0 Å². The average molecular weight is 405 g/mol. The third-order valence-electron chi connectivity index (χ3n) is 4.64. The molecule has 0 aliphatic heterocycles. The van der Waals surface area contributed by atoms with Gasteiger partial charge >= 0.3 is 13.1 Å². The summed E-state index contributed by atoms with van der Waals surface area (Å²) in [4.78, 5) is 9.05. The van der Waals surface area contributed by atoms with Crippen molar-refractivity contribution in [1.82, 2.24) is 24.7 Å². The molecular weight excluding hydrogens is 385 g/mol. The molecule has 0 unspecified atom stereocenters. The first-order chi connectivity index (χ1) is 14.6. The highest BCUT2D eigenvalue weighted by atomic mass is 16.5. The van der Waals surface area contributed by atoms with E-state index in [-0.39, 0.29) is 0 Å². The van der Waals surface area contributed by atoms with Crippen molar-refractivity contribution < 1.29 is 14.8 Å². The number of aromatic nitrogens is 5. The number of imidazole rings is 1. The van der Waals surface area contributed by atoms with E-state index in [0.717, 1.165) is 22.2 Å². The summed E-state index contributed by atoms with van der Waals surface area (Å²) in [6.07, 6.45) is 1.52. The molecule has 11 heteroatoms. The number of benzene rings is 2. The summed E-state index contributed by atoms with van der Waals surface area (Å²) >= 11 is 0. The molecule has 4 rings (SSSR count). The van der Waals surface area contributed by atoms with Gasteiger partial charge in [0.05, 0.1) is 24.3 Å². The molecule has 5 N–H and O–H groups in total. The molecule has 0 bridgehead atoms. The predicted octanol–water partition coefficient (Wildman–Crippen LogP) is -0.0303. The Morgan fingerprint density at radius 1 is 1.13 bits per heavy atom. The maximum atomic E-state index is 9.18. The number of anilines is 1. The van der Waals surface area contributed by atoms with Crippen molar-refractivity contribution in [3.8, 4) is 12.0 Å². The summed E-state index contributed by atoms with van der Waals surface area (Å²) in [5, 5.41) is 29.7. The summed E-state index contributed by atoms with van der Waals surface area (Å²) in [5.41, 5.74) is 9.59. The Hall–Kier alpha value is -3.54. The summed E-state index contributed by atoms with van der Waals surface area (Å²) < 4.78 is 7.11. The fraction of sp³-hybridized carbons (Fsp3) is 0.158. The normalized spacial score (nSPS) is 10.9. The molecule has 0 atom stereocenters. The topological polar surface area (TPSA) is 144 Å². The van der Waals surface area contributed by atoms with E-state index in [1.165, 1.54) is 13.3 Å². The molecule has 0 saturated heterocycles. The quantitative estimate of drug-likeness (QED) is 0.312. The van der Waals surface area contributed by atoms with Crippen molar-refractivity contribution in [3.05, 3.63) is 59.8 Å². The molecule has 0 fully saturated rings. The van der Waals surface area contributed by atoms with Gasteiger partial charge < -0.3 is 25.8 Å². The summed E-state index contributed by atoms with van der Waals surface area (Å²) in [7, 11) is 0.0444. The van der Waals surface area contributed by atoms with Crippen molar-refractivity contribution in [3.63, 3.8) is 0 Å². The zero-order valence-electron chi connectivity index (χ0n) is 16.2. The van der Waals surface area contributed by atoms with E-state index in [1.807, 2.05) is 18.2 Å². The molecule has 0 aliphatic carbocycles. The van der Waals surface area contributed by atoms with Crippen molar-refractivity contribution in [1.29, 1.82) is 0 Å². The minimum atomic E-state index is -1.49. The van der Waals surface area contributed by atoms with E-state index in [1.54, 1.807) is 28.8 Å². The van der Waals surface area contributed by atoms with Crippen LogP contribution in [-0.4, -0.2) is 49.0 Å². The third kappa shape index (κ3) is 3.81. The number of hydrogen-bond acceptors (Lipinski definition) is 9. The molecule has 2 heterocycles. The number of fused-ring (bicyclic) bond motifs is 1. The number of hydrogen-bond donors (Lipinski definition) is 4. The Morgan fingerprint density at radius 3 is 2.63 bits per heavy atom. The second kappa shape index (κ2) is 8.45. The number of para-hydroxylation sites is 1. The van der Waals surface area contributed by atoms with Crippen LogP contribution >= 0.6 is 0 Å². The van der Waals surface area contributed by atoms with Crippen LogP contribution in [0, 0.1) is 0 Å². The Morgan fingerprint density at radius 2 is 1.93 bits per heavy atom. The van der Waals surface area contributed by atoms with Crippen molar-refractivity contribution in [2.45, 2.75) is 13.1 Å². The highest BCUT2D eigenvalue weighted by Gasteiger charge is 2.18. The number of rotatable bonds is 7. The highest BCUT2D eigenvalue weighted by molar-refractivity contribution is 6.58. The summed E-state index contributed by atoms with van der Waals surface area (Å²) in [5.74, 6) is 0.831. The van der Waals surface area contributed by atoms with Gasteiger partial charge in [-0.25, -0.2) is 4.57 Å². The van der Waals surface area contributed by atoms with Crippen molar-refractivity contribution in [2.24, 2.45) is 5.73 Å². The highest BCUT2D eigenvalue weighted by Crippen LogP contribution is 2.26. The lowest BCUT2D eigenvalue weighted by atomic mass is 9.80. The molecule has 4 aromatic rings. The van der Waals surface area contributed by atoms with E-state index in [0.29, 0.717) is 36.3 Å². The van der Waals surface area contributed by atoms with E-state index >= 15 is 0 Å². The Bertz CT molecular complexity index is 1160. The van der Waals surface area contributed by atoms with Crippen LogP contribution in [0.4, 0.5) is 5.82 Å². The molecule has 2 aromatic carbocycles. The van der Waals surface area contributed by atoms with Crippen LogP contribution in [0.2, 0.25) is 0 Å². The maximum absolute atomic E-state index is 9.18. The van der Waals surface area contributed by atoms with Crippen LogP contribution in [-0.2, 0) is 13.1 Å². The maximum Gasteiger partial charge on any atom is 0.488 e. The Labute approximate surface area is 172 Å². The lowest BCUT2D eigenvalue weighted by Gasteiger charge is -2.09. The molecular formula is C19H20BN7O3. The SMILES string of the molecule is COc1nc2c(CN)cccc2n1-c1nncc(NCc2ccc(B(O)O)cc2)n1. The van der Waals surface area contributed by atoms with Gasteiger partial charge in [-0.05, 0) is 22.7 Å². The van der Waals surface area contributed by atoms with E-state index in [4.69, 9.17) is 10.5 Å². The molecule has 2 aromatic heterocycles. The summed E-state index contributed by atoms with van der Waals surface area (Å²) in [6, 6.07) is 13.0. The van der Waals surface area contributed by atoms with Crippen LogP contribution in [0.15, 0.2) is 48.7 Å². The molecule has 10 nitrogen and oxygen atoms in total. The van der Waals surface area contributed by atoms with Gasteiger partial charge in [0.25, 0.3) is 5.95 Å². The number of nitrogens with two attached hydrogens (primary N) is 1. The first kappa shape index (κ1) is 19.8. The van der Waals surface area contributed by atoms with Gasteiger partial charge in [0.15, 0.2) is 5.82 Å². The predicted molar refractivity (Wildman–Crippen MR) is 112 cm³/mol. The first-order valence-electron chi connectivity index (χ1n) is 9.24. The lowest BCUT2D eigenvalue weighted by Crippen LogP contribution is -2.29. The smallest absolute Gasteiger partial charge is 0.468 e. The van der Waals surface area contributed by atoms with Gasteiger partial charge in [-0.3, -0.25) is 0 Å². The van der Waals surface area contributed by atoms with E-state index < -0.39 is 7.12 Å². The van der Waals surface area contributed by atoms with Gasteiger partial charge in [0, 0.05) is 13.1 Å². The number of nitrogens with zero attached hydrogens (tertiary/aromatic N) is 5. The zero-order valence-corrected chi connectivity index (χ0v) is 16.2. The fourth-order valence-corrected chi connectivity index (χ4v) is 3.11. The van der Waals surface area contributed by atoms with Gasteiger partial charge in [-0.2, -0.15) is 15.1 Å². The monoisotopic (exact) mass is 405 g/mol. The number of ether oxygens (including phenoxy) is 1. The second-order valence-electron chi connectivity index (χ2n) is 6.53. The second-order valence-corrected chi connectivity index (χ2v) is 6.53. The lowest BCUT2D eigenvalue weighted by molar-refractivity contribution is 0.373. The van der Waals surface area contributed by atoms with Gasteiger partial charge in [-0.1, -0.05) is 36.4 Å². The Kier molecular flexibility index (Phi) is 5.57. The van der Waals surface area contributed by atoms with Crippen LogP contribution < -0.4 is 21.3 Å². The minimum Gasteiger partial charge on any atom is -0.468 e. The van der Waals surface area contributed by atoms with E-state index in [9.17, 15) is 10.0 Å². The van der Waals surface area contributed by atoms with E-state index in [2.05, 4.69) is 25.5 Å². The van der Waals surface area contributed by atoms with Crippen molar-refractivity contribution in [2.75, 3.05) is 12.4 Å². The number of methoxy groups -OCH3 is 1. The molecule has 0 radical (unpaired) electrons. The number of nitrogens with one attached hydrogen (secondary N) is 1. The minimum absolute atomic E-state index is 0.312. The molecule has 30 heavy (non-hydrogen) atoms. The van der Waals surface area contributed by atoms with Crippen LogP contribution in [0.1, 0.15) is 11.1 Å². The van der Waals surface area contributed by atoms with Crippen LogP contribution in [0.3, 0.4) is 0 Å². The van der Waals surface area contributed by atoms with Crippen LogP contribution in [0.25, 0.3) is 17.0 Å². The molecule has 0 saturated carbocycles. The molecule has 0 spiro atoms. The largest absolute Gasteiger partial charge is 0.488 e. The average Bonchev–Trinajstić information content (AvgIpc) is 3.17. The van der Waals surface area contributed by atoms with Crippen molar-refractivity contribution >= 4 is 29.4 Å². The Balaban J connectivity index is 1.62. The molecule has 152 valence electrons. The molecule has 0 amide bonds. The van der Waals surface area contributed by atoms with Crippen LogP contribution in [0.5, 0.6) is 6.01 Å². The fourth-order valence-electron chi connectivity index (χ4n) is 3.11. The standard InChI is InChI=1S/C19H20BN7O3/c1-30-19-25-17-13(9-21)3-2-4-15(17)27(19)18-24-16(11-23-26-18)22-10-12-5-7-14(8-6-12)20(28)29/h2-8,11,28-29H,9-10,21H2,1H3,(H,22,24,26).